The van der Waals surface area contributed by atoms with E-state index < -0.39 is 26.6 Å². The van der Waals surface area contributed by atoms with Crippen LogP contribution in [0.5, 0.6) is 0 Å². The Morgan fingerprint density at radius 1 is 1.22 bits per heavy atom. The van der Waals surface area contributed by atoms with Crippen molar-refractivity contribution in [2.75, 3.05) is 6.54 Å². The van der Waals surface area contributed by atoms with E-state index in [1.165, 1.54) is 4.31 Å². The largest absolute Gasteiger partial charge is 0.249 e. The lowest BCUT2D eigenvalue weighted by Gasteiger charge is -2.32. The van der Waals surface area contributed by atoms with Crippen molar-refractivity contribution in [3.05, 3.63) is 29.8 Å². The Labute approximate surface area is 105 Å². The van der Waals surface area contributed by atoms with Crippen molar-refractivity contribution in [3.63, 3.8) is 0 Å². The molecule has 0 aliphatic carbocycles. The van der Waals surface area contributed by atoms with Crippen LogP contribution in [0.2, 0.25) is 0 Å². The molecule has 1 atom stereocenters. The van der Waals surface area contributed by atoms with E-state index in [4.69, 9.17) is 0 Å². The Bertz CT molecular complexity index is 525. The summed E-state index contributed by atoms with van der Waals surface area (Å²) in [5.74, 6) is -2.07. The van der Waals surface area contributed by atoms with Crippen molar-refractivity contribution in [2.45, 2.75) is 37.1 Å². The summed E-state index contributed by atoms with van der Waals surface area (Å²) in [5.41, 5.74) is 0. The van der Waals surface area contributed by atoms with Gasteiger partial charge in [-0.1, -0.05) is 12.5 Å². The molecule has 0 N–H and O–H groups in total. The van der Waals surface area contributed by atoms with Gasteiger partial charge in [0.25, 0.3) is 0 Å². The zero-order valence-electron chi connectivity index (χ0n) is 10.1. The van der Waals surface area contributed by atoms with Crippen LogP contribution in [0.1, 0.15) is 26.2 Å². The number of halogens is 2. The lowest BCUT2D eigenvalue weighted by Crippen LogP contribution is -2.42. The van der Waals surface area contributed by atoms with E-state index in [9.17, 15) is 17.2 Å². The van der Waals surface area contributed by atoms with E-state index in [1.54, 1.807) is 6.92 Å². The van der Waals surface area contributed by atoms with Crippen LogP contribution in [-0.4, -0.2) is 25.3 Å². The van der Waals surface area contributed by atoms with Crippen LogP contribution in [0.15, 0.2) is 23.1 Å². The summed E-state index contributed by atoms with van der Waals surface area (Å²) >= 11 is 0. The van der Waals surface area contributed by atoms with Gasteiger partial charge in [-0.2, -0.15) is 4.31 Å². The first-order valence-electron chi connectivity index (χ1n) is 5.90. The normalized spacial score (nSPS) is 22.1. The van der Waals surface area contributed by atoms with E-state index >= 15 is 0 Å². The zero-order chi connectivity index (χ0) is 13.3. The molecular weight excluding hydrogens is 260 g/mol. The molecule has 6 heteroatoms. The van der Waals surface area contributed by atoms with Gasteiger partial charge in [0, 0.05) is 12.6 Å². The summed E-state index contributed by atoms with van der Waals surface area (Å²) < 4.78 is 52.9. The van der Waals surface area contributed by atoms with Crippen LogP contribution < -0.4 is 0 Å². The van der Waals surface area contributed by atoms with Gasteiger partial charge in [-0.15, -0.1) is 0 Å². The molecule has 0 amide bonds. The van der Waals surface area contributed by atoms with Gasteiger partial charge < -0.3 is 0 Å². The molecule has 1 heterocycles. The number of piperidine rings is 1. The number of sulfonamides is 1. The third kappa shape index (κ3) is 2.27. The molecule has 2 rings (SSSR count). The van der Waals surface area contributed by atoms with Gasteiger partial charge in [-0.3, -0.25) is 0 Å². The van der Waals surface area contributed by atoms with Crippen LogP contribution in [-0.2, 0) is 10.0 Å². The zero-order valence-corrected chi connectivity index (χ0v) is 10.9. The lowest BCUT2D eigenvalue weighted by atomic mass is 10.1. The summed E-state index contributed by atoms with van der Waals surface area (Å²) in [6, 6.07) is 2.86. The van der Waals surface area contributed by atoms with E-state index in [0.29, 0.717) is 6.54 Å². The minimum atomic E-state index is -4.09. The molecule has 3 nitrogen and oxygen atoms in total. The molecule has 0 aromatic heterocycles. The molecule has 0 spiro atoms. The van der Waals surface area contributed by atoms with Crippen LogP contribution in [0.4, 0.5) is 8.78 Å². The van der Waals surface area contributed by atoms with Crippen molar-refractivity contribution >= 4 is 10.0 Å². The molecule has 0 radical (unpaired) electrons. The van der Waals surface area contributed by atoms with E-state index in [1.807, 2.05) is 0 Å². The first kappa shape index (κ1) is 13.4. The highest BCUT2D eigenvalue weighted by molar-refractivity contribution is 7.89. The van der Waals surface area contributed by atoms with Crippen LogP contribution in [0.25, 0.3) is 0 Å². The molecule has 1 aromatic carbocycles. The lowest BCUT2D eigenvalue weighted by molar-refractivity contribution is 0.267. The Morgan fingerprint density at radius 2 is 1.83 bits per heavy atom. The highest BCUT2D eigenvalue weighted by atomic mass is 32.2. The van der Waals surface area contributed by atoms with Crippen molar-refractivity contribution in [2.24, 2.45) is 0 Å². The Morgan fingerprint density at radius 3 is 2.39 bits per heavy atom. The molecule has 1 saturated heterocycles. The average Bonchev–Trinajstić information content (AvgIpc) is 2.28. The second-order valence-electron chi connectivity index (χ2n) is 4.51. The predicted molar refractivity (Wildman–Crippen MR) is 63.6 cm³/mol. The van der Waals surface area contributed by atoms with E-state index in [2.05, 4.69) is 0 Å². The quantitative estimate of drug-likeness (QED) is 0.831. The predicted octanol–water partition coefficient (Wildman–Crippen LogP) is 2.53. The van der Waals surface area contributed by atoms with Gasteiger partial charge in [-0.05, 0) is 31.9 Å². The molecule has 0 saturated carbocycles. The fourth-order valence-electron chi connectivity index (χ4n) is 2.28. The van der Waals surface area contributed by atoms with Crippen LogP contribution >= 0.6 is 0 Å². The molecule has 1 aromatic rings. The Kier molecular flexibility index (Phi) is 3.68. The topological polar surface area (TPSA) is 37.4 Å². The number of rotatable bonds is 2. The third-order valence-electron chi connectivity index (χ3n) is 3.23. The standard InChI is InChI=1S/C12H15F2NO2S/c1-9-5-2-3-8-15(9)18(16,17)12-10(13)6-4-7-11(12)14/h4,6-7,9H,2-3,5,8H2,1H3. The van der Waals surface area contributed by atoms with Crippen molar-refractivity contribution in [3.8, 4) is 0 Å². The van der Waals surface area contributed by atoms with Crippen molar-refractivity contribution in [1.29, 1.82) is 0 Å². The maximum Gasteiger partial charge on any atom is 0.249 e. The highest BCUT2D eigenvalue weighted by Crippen LogP contribution is 2.28. The van der Waals surface area contributed by atoms with Gasteiger partial charge >= 0.3 is 0 Å². The highest BCUT2D eigenvalue weighted by Gasteiger charge is 2.34. The molecule has 18 heavy (non-hydrogen) atoms. The Hall–Kier alpha value is -1.01. The number of hydrogen-bond acceptors (Lipinski definition) is 2. The SMILES string of the molecule is CC1CCCCN1S(=O)(=O)c1c(F)cccc1F. The second-order valence-corrected chi connectivity index (χ2v) is 6.34. The monoisotopic (exact) mass is 275 g/mol. The van der Waals surface area contributed by atoms with Gasteiger partial charge in [0.1, 0.15) is 11.6 Å². The minimum Gasteiger partial charge on any atom is -0.207 e. The summed E-state index contributed by atoms with van der Waals surface area (Å²) in [6.07, 6.45) is 2.38. The van der Waals surface area contributed by atoms with Gasteiger partial charge in [0.05, 0.1) is 0 Å². The third-order valence-corrected chi connectivity index (χ3v) is 5.29. The van der Waals surface area contributed by atoms with Crippen LogP contribution in [0, 0.1) is 11.6 Å². The van der Waals surface area contributed by atoms with Gasteiger partial charge in [-0.25, -0.2) is 17.2 Å². The summed E-state index contributed by atoms with van der Waals surface area (Å²) in [7, 11) is -4.09. The smallest absolute Gasteiger partial charge is 0.207 e. The fourth-order valence-corrected chi connectivity index (χ4v) is 4.09. The van der Waals surface area contributed by atoms with Gasteiger partial charge in [0.15, 0.2) is 4.90 Å². The molecule has 100 valence electrons. The number of hydrogen-bond donors (Lipinski definition) is 0. The summed E-state index contributed by atoms with van der Waals surface area (Å²) in [4.78, 5) is -0.834. The molecular formula is C12H15F2NO2S. The molecule has 0 bridgehead atoms. The summed E-state index contributed by atoms with van der Waals surface area (Å²) in [6.45, 7) is 2.08. The molecule has 1 fully saturated rings. The van der Waals surface area contributed by atoms with E-state index in [0.717, 1.165) is 37.5 Å². The minimum absolute atomic E-state index is 0.220. The van der Waals surface area contributed by atoms with E-state index in [-0.39, 0.29) is 6.04 Å². The van der Waals surface area contributed by atoms with Crippen molar-refractivity contribution < 1.29 is 17.2 Å². The number of benzene rings is 1. The van der Waals surface area contributed by atoms with Crippen molar-refractivity contribution in [1.82, 2.24) is 4.31 Å². The maximum atomic E-state index is 13.6. The first-order chi connectivity index (χ1) is 8.44. The maximum absolute atomic E-state index is 13.6. The average molecular weight is 275 g/mol. The van der Waals surface area contributed by atoms with Crippen LogP contribution in [0.3, 0.4) is 0 Å². The summed E-state index contributed by atoms with van der Waals surface area (Å²) in [5, 5.41) is 0. The molecule has 1 aliphatic rings. The molecule has 1 aliphatic heterocycles. The number of nitrogens with zero attached hydrogens (tertiary/aromatic N) is 1. The second kappa shape index (κ2) is 4.93. The van der Waals surface area contributed by atoms with Gasteiger partial charge in [0.2, 0.25) is 10.0 Å². The fraction of sp³-hybridized carbons (Fsp3) is 0.500. The Balaban J connectivity index is 2.48. The first-order valence-corrected chi connectivity index (χ1v) is 7.34. The molecule has 1 unspecified atom stereocenters.